The number of hydrogen-bond acceptors (Lipinski definition) is 3. The van der Waals surface area contributed by atoms with Crippen molar-refractivity contribution in [3.05, 3.63) is 60.5 Å². The fourth-order valence-electron chi connectivity index (χ4n) is 1.03. The van der Waals surface area contributed by atoms with Crippen molar-refractivity contribution >= 4 is 5.69 Å². The molecule has 0 amide bonds. The summed E-state index contributed by atoms with van der Waals surface area (Å²) in [6, 6.07) is 7.15. The summed E-state index contributed by atoms with van der Waals surface area (Å²) in [5.74, 6) is 1.35. The third-order valence-corrected chi connectivity index (χ3v) is 1.83. The first-order valence-electron chi connectivity index (χ1n) is 4.91. The van der Waals surface area contributed by atoms with Crippen LogP contribution in [0.5, 0.6) is 5.75 Å². The molecule has 4 N–H and O–H groups in total. The molecule has 0 aliphatic rings. The van der Waals surface area contributed by atoms with Crippen molar-refractivity contribution in [3.8, 4) is 5.75 Å². The predicted octanol–water partition coefficient (Wildman–Crippen LogP) is 2.58. The molecule has 84 valence electrons. The number of nitrogens with two attached hydrogens (primary N) is 2. The van der Waals surface area contributed by atoms with E-state index in [1.807, 2.05) is 0 Å². The number of rotatable bonds is 4. The topological polar surface area (TPSA) is 61.3 Å². The third-order valence-electron chi connectivity index (χ3n) is 1.83. The first kappa shape index (κ1) is 11.9. The molecule has 0 spiro atoms. The van der Waals surface area contributed by atoms with Crippen molar-refractivity contribution in [2.75, 3.05) is 5.73 Å². The van der Waals surface area contributed by atoms with E-state index < -0.39 is 0 Å². The molecule has 1 aromatic carbocycles. The van der Waals surface area contributed by atoms with Gasteiger partial charge in [-0.3, -0.25) is 0 Å². The zero-order chi connectivity index (χ0) is 12.0. The van der Waals surface area contributed by atoms with Crippen LogP contribution in [0, 0.1) is 0 Å². The zero-order valence-electron chi connectivity index (χ0n) is 9.31. The molecule has 1 aromatic rings. The maximum atomic E-state index is 5.57. The number of ether oxygens (including phenoxy) is 1. The molecular weight excluding hydrogens is 200 g/mol. The molecule has 0 saturated heterocycles. The van der Waals surface area contributed by atoms with Gasteiger partial charge in [-0.25, -0.2) is 0 Å². The van der Waals surface area contributed by atoms with Crippen LogP contribution in [0.2, 0.25) is 0 Å². The Bertz CT molecular complexity index is 412. The van der Waals surface area contributed by atoms with Gasteiger partial charge in [0.25, 0.3) is 0 Å². The summed E-state index contributed by atoms with van der Waals surface area (Å²) in [6.45, 7) is 5.47. The average molecular weight is 216 g/mol. The van der Waals surface area contributed by atoms with Gasteiger partial charge >= 0.3 is 0 Å². The largest absolute Gasteiger partial charge is 0.457 e. The molecule has 0 aromatic heterocycles. The third kappa shape index (κ3) is 3.92. The summed E-state index contributed by atoms with van der Waals surface area (Å²) >= 11 is 0. The molecule has 16 heavy (non-hydrogen) atoms. The zero-order valence-corrected chi connectivity index (χ0v) is 9.31. The summed E-state index contributed by atoms with van der Waals surface area (Å²) in [5, 5.41) is 0. The first-order chi connectivity index (χ1) is 7.61. The van der Waals surface area contributed by atoms with Crippen LogP contribution in [0.3, 0.4) is 0 Å². The van der Waals surface area contributed by atoms with Crippen LogP contribution < -0.4 is 16.2 Å². The minimum absolute atomic E-state index is 0.634. The molecule has 0 atom stereocenters. The Morgan fingerprint density at radius 2 is 1.88 bits per heavy atom. The van der Waals surface area contributed by atoms with E-state index in [1.165, 1.54) is 0 Å². The van der Waals surface area contributed by atoms with E-state index in [2.05, 4.69) is 6.58 Å². The Balaban J connectivity index is 2.78. The highest BCUT2D eigenvalue weighted by atomic mass is 16.5. The minimum atomic E-state index is 0.634. The summed E-state index contributed by atoms with van der Waals surface area (Å²) in [7, 11) is 0. The number of anilines is 1. The maximum Gasteiger partial charge on any atom is 0.127 e. The number of benzene rings is 1. The smallest absolute Gasteiger partial charge is 0.127 e. The van der Waals surface area contributed by atoms with Gasteiger partial charge in [-0.1, -0.05) is 6.58 Å². The lowest BCUT2D eigenvalue weighted by Gasteiger charge is -2.05. The van der Waals surface area contributed by atoms with E-state index in [0.29, 0.717) is 22.9 Å². The molecule has 0 aliphatic heterocycles. The number of allylic oxidation sites excluding steroid dienone is 4. The van der Waals surface area contributed by atoms with Crippen molar-refractivity contribution in [2.24, 2.45) is 5.73 Å². The standard InChI is InChI=1S/C13H16N2O/c1-3-12(7-4-10(2)14)16-13-8-5-11(15)6-9-13/h3-9H,1,14-15H2,2H3/b10-4+,12-7+. The number of hydrogen-bond donors (Lipinski definition) is 2. The van der Waals surface area contributed by atoms with E-state index in [-0.39, 0.29) is 0 Å². The lowest BCUT2D eigenvalue weighted by atomic mass is 10.3. The Kier molecular flexibility index (Phi) is 4.21. The number of nitrogen functional groups attached to an aromatic ring is 1. The summed E-state index contributed by atoms with van der Waals surface area (Å²) in [5.41, 5.74) is 12.5. The summed E-state index contributed by atoms with van der Waals surface area (Å²) < 4.78 is 5.56. The van der Waals surface area contributed by atoms with Crippen molar-refractivity contribution in [3.63, 3.8) is 0 Å². The molecule has 3 nitrogen and oxygen atoms in total. The summed E-state index contributed by atoms with van der Waals surface area (Å²) in [4.78, 5) is 0. The molecule has 0 bridgehead atoms. The quantitative estimate of drug-likeness (QED) is 0.462. The second kappa shape index (κ2) is 5.66. The first-order valence-corrected chi connectivity index (χ1v) is 4.91. The second-order valence-electron chi connectivity index (χ2n) is 3.35. The van der Waals surface area contributed by atoms with Crippen LogP contribution in [0.1, 0.15) is 6.92 Å². The molecule has 0 fully saturated rings. The van der Waals surface area contributed by atoms with Gasteiger partial charge < -0.3 is 16.2 Å². The van der Waals surface area contributed by atoms with Crippen LogP contribution >= 0.6 is 0 Å². The van der Waals surface area contributed by atoms with Crippen molar-refractivity contribution in [2.45, 2.75) is 6.92 Å². The normalized spacial score (nSPS) is 12.3. The van der Waals surface area contributed by atoms with Crippen molar-refractivity contribution < 1.29 is 4.74 Å². The van der Waals surface area contributed by atoms with Gasteiger partial charge in [0.1, 0.15) is 11.5 Å². The molecule has 0 heterocycles. The molecule has 0 unspecified atom stereocenters. The van der Waals surface area contributed by atoms with E-state index in [1.54, 1.807) is 49.4 Å². The van der Waals surface area contributed by atoms with Crippen LogP contribution in [-0.4, -0.2) is 0 Å². The van der Waals surface area contributed by atoms with Gasteiger partial charge in [-0.05, 0) is 49.4 Å². The van der Waals surface area contributed by atoms with Gasteiger partial charge in [0, 0.05) is 11.4 Å². The Hall–Kier alpha value is -2.16. The Labute approximate surface area is 95.7 Å². The van der Waals surface area contributed by atoms with E-state index in [4.69, 9.17) is 16.2 Å². The average Bonchev–Trinajstić information content (AvgIpc) is 2.26. The SMILES string of the molecule is C=C/C(=C\C=C(/C)N)Oc1ccc(N)cc1. The van der Waals surface area contributed by atoms with Gasteiger partial charge in [-0.2, -0.15) is 0 Å². The van der Waals surface area contributed by atoms with Gasteiger partial charge in [0.15, 0.2) is 0 Å². The van der Waals surface area contributed by atoms with Crippen LogP contribution in [0.25, 0.3) is 0 Å². The highest BCUT2D eigenvalue weighted by Crippen LogP contribution is 2.16. The molecular formula is C13H16N2O. The highest BCUT2D eigenvalue weighted by molar-refractivity contribution is 5.42. The van der Waals surface area contributed by atoms with Crippen molar-refractivity contribution in [1.82, 2.24) is 0 Å². The molecule has 1 rings (SSSR count). The summed E-state index contributed by atoms with van der Waals surface area (Å²) in [6.07, 6.45) is 5.14. The van der Waals surface area contributed by atoms with Gasteiger partial charge in [-0.15, -0.1) is 0 Å². The monoisotopic (exact) mass is 216 g/mol. The van der Waals surface area contributed by atoms with Crippen LogP contribution in [-0.2, 0) is 0 Å². The Morgan fingerprint density at radius 1 is 1.25 bits per heavy atom. The molecule has 0 saturated carbocycles. The van der Waals surface area contributed by atoms with E-state index in [9.17, 15) is 0 Å². The van der Waals surface area contributed by atoms with Gasteiger partial charge in [0.05, 0.1) is 0 Å². The fourth-order valence-corrected chi connectivity index (χ4v) is 1.03. The highest BCUT2D eigenvalue weighted by Gasteiger charge is 1.95. The predicted molar refractivity (Wildman–Crippen MR) is 67.7 cm³/mol. The maximum absolute atomic E-state index is 5.57. The van der Waals surface area contributed by atoms with Gasteiger partial charge in [0.2, 0.25) is 0 Å². The minimum Gasteiger partial charge on any atom is -0.457 e. The molecule has 3 heteroatoms. The van der Waals surface area contributed by atoms with Crippen LogP contribution in [0.4, 0.5) is 5.69 Å². The second-order valence-corrected chi connectivity index (χ2v) is 3.35. The van der Waals surface area contributed by atoms with E-state index >= 15 is 0 Å². The lowest BCUT2D eigenvalue weighted by molar-refractivity contribution is 0.445. The molecule has 0 aliphatic carbocycles. The van der Waals surface area contributed by atoms with Crippen molar-refractivity contribution in [1.29, 1.82) is 0 Å². The fraction of sp³-hybridized carbons (Fsp3) is 0.0769. The van der Waals surface area contributed by atoms with Crippen LogP contribution in [0.15, 0.2) is 60.5 Å². The lowest BCUT2D eigenvalue weighted by Crippen LogP contribution is -1.93. The van der Waals surface area contributed by atoms with E-state index in [0.717, 1.165) is 0 Å². The Morgan fingerprint density at radius 3 is 2.38 bits per heavy atom. The molecule has 0 radical (unpaired) electrons.